The van der Waals surface area contributed by atoms with Gasteiger partial charge < -0.3 is 0 Å². The highest BCUT2D eigenvalue weighted by molar-refractivity contribution is 7.16. The van der Waals surface area contributed by atoms with E-state index in [1.165, 1.54) is 15.9 Å². The summed E-state index contributed by atoms with van der Waals surface area (Å²) in [5.41, 5.74) is 1.94. The van der Waals surface area contributed by atoms with Crippen LogP contribution in [0.3, 0.4) is 0 Å². The number of hydrogen-bond donors (Lipinski definition) is 0. The lowest BCUT2D eigenvalue weighted by Crippen LogP contribution is -2.24. The third-order valence-corrected chi connectivity index (χ3v) is 4.08. The molecule has 0 bridgehead atoms. The van der Waals surface area contributed by atoms with E-state index < -0.39 is 0 Å². The summed E-state index contributed by atoms with van der Waals surface area (Å²) in [7, 11) is 0. The van der Waals surface area contributed by atoms with Crippen molar-refractivity contribution in [3.05, 3.63) is 26.6 Å². The molecule has 3 rings (SSSR count). The molecule has 0 aromatic carbocycles. The van der Waals surface area contributed by atoms with Crippen molar-refractivity contribution in [2.24, 2.45) is 0 Å². The minimum absolute atomic E-state index is 0.0515. The fraction of sp³-hybridized carbons (Fsp3) is 0.545. The quantitative estimate of drug-likeness (QED) is 0.754. The molecular weight excluding hydrogens is 222 g/mol. The zero-order valence-corrected chi connectivity index (χ0v) is 10.0. The van der Waals surface area contributed by atoms with Gasteiger partial charge in [-0.1, -0.05) is 18.3 Å². The first-order chi connectivity index (χ1) is 7.79. The third-order valence-electron chi connectivity index (χ3n) is 3.02. The molecule has 2 heterocycles. The molecule has 16 heavy (non-hydrogen) atoms. The van der Waals surface area contributed by atoms with Crippen molar-refractivity contribution in [1.82, 2.24) is 14.6 Å². The highest BCUT2D eigenvalue weighted by Gasteiger charge is 2.18. The van der Waals surface area contributed by atoms with Crippen LogP contribution < -0.4 is 5.56 Å². The van der Waals surface area contributed by atoms with E-state index in [0.29, 0.717) is 0 Å². The van der Waals surface area contributed by atoms with E-state index >= 15 is 0 Å². The van der Waals surface area contributed by atoms with Gasteiger partial charge in [0.1, 0.15) is 5.01 Å². The normalized spacial score (nSPS) is 15.3. The van der Waals surface area contributed by atoms with Gasteiger partial charge in [-0.2, -0.15) is 9.61 Å². The third kappa shape index (κ3) is 1.38. The second kappa shape index (κ2) is 3.66. The summed E-state index contributed by atoms with van der Waals surface area (Å²) in [5.74, 6) is 0. The Hall–Kier alpha value is -1.23. The van der Waals surface area contributed by atoms with Crippen molar-refractivity contribution >= 4 is 16.3 Å². The van der Waals surface area contributed by atoms with Crippen molar-refractivity contribution in [2.75, 3.05) is 0 Å². The monoisotopic (exact) mass is 235 g/mol. The molecule has 0 atom stereocenters. The molecule has 0 unspecified atom stereocenters. The molecule has 0 saturated carbocycles. The Kier molecular flexibility index (Phi) is 2.28. The highest BCUT2D eigenvalue weighted by atomic mass is 32.1. The van der Waals surface area contributed by atoms with E-state index in [-0.39, 0.29) is 5.56 Å². The predicted octanol–water partition coefficient (Wildman–Crippen LogP) is 1.59. The van der Waals surface area contributed by atoms with Gasteiger partial charge in [-0.25, -0.2) is 4.98 Å². The van der Waals surface area contributed by atoms with E-state index in [1.807, 2.05) is 6.92 Å². The molecule has 0 N–H and O–H groups in total. The van der Waals surface area contributed by atoms with Crippen LogP contribution in [0.15, 0.2) is 4.79 Å². The van der Waals surface area contributed by atoms with Gasteiger partial charge >= 0.3 is 0 Å². The lowest BCUT2D eigenvalue weighted by Gasteiger charge is -2.12. The van der Waals surface area contributed by atoms with Crippen molar-refractivity contribution in [2.45, 2.75) is 39.0 Å². The van der Waals surface area contributed by atoms with Gasteiger partial charge in [0.05, 0.1) is 5.69 Å². The average Bonchev–Trinajstić information content (AvgIpc) is 2.73. The Balaban J connectivity index is 2.32. The summed E-state index contributed by atoms with van der Waals surface area (Å²) in [6, 6.07) is 0. The number of aryl methyl sites for hydroxylation is 2. The van der Waals surface area contributed by atoms with Crippen LogP contribution in [0.25, 0.3) is 4.96 Å². The molecule has 84 valence electrons. The smallest absolute Gasteiger partial charge is 0.267 e. The fourth-order valence-electron chi connectivity index (χ4n) is 2.16. The molecule has 1 aliphatic carbocycles. The maximum atomic E-state index is 12.2. The fourth-order valence-corrected chi connectivity index (χ4v) is 3.00. The van der Waals surface area contributed by atoms with Crippen molar-refractivity contribution in [3.63, 3.8) is 0 Å². The molecule has 0 amide bonds. The SMILES string of the molecule is CCc1nn2c(=O)c3c(nc2s1)CCCC3. The minimum atomic E-state index is 0.0515. The number of fused-ring (bicyclic) bond motifs is 2. The van der Waals surface area contributed by atoms with Crippen LogP contribution in [0, 0.1) is 0 Å². The number of aromatic nitrogens is 3. The van der Waals surface area contributed by atoms with Crippen molar-refractivity contribution in [3.8, 4) is 0 Å². The Bertz CT molecular complexity index is 599. The maximum Gasteiger partial charge on any atom is 0.278 e. The van der Waals surface area contributed by atoms with Gasteiger partial charge in [-0.05, 0) is 32.1 Å². The van der Waals surface area contributed by atoms with Crippen LogP contribution in [-0.4, -0.2) is 14.6 Å². The van der Waals surface area contributed by atoms with Gasteiger partial charge in [0.2, 0.25) is 4.96 Å². The van der Waals surface area contributed by atoms with Gasteiger partial charge in [-0.15, -0.1) is 0 Å². The molecule has 2 aromatic heterocycles. The van der Waals surface area contributed by atoms with Gasteiger partial charge in [-0.3, -0.25) is 4.79 Å². The molecule has 1 aliphatic rings. The van der Waals surface area contributed by atoms with Crippen LogP contribution in [0.2, 0.25) is 0 Å². The standard InChI is InChI=1S/C11H13N3OS/c1-2-9-13-14-10(15)7-5-3-4-6-8(7)12-11(14)16-9/h2-6H2,1H3. The zero-order valence-electron chi connectivity index (χ0n) is 9.19. The van der Waals surface area contributed by atoms with E-state index in [2.05, 4.69) is 10.1 Å². The number of hydrogen-bond acceptors (Lipinski definition) is 4. The van der Waals surface area contributed by atoms with E-state index in [0.717, 1.165) is 53.3 Å². The topological polar surface area (TPSA) is 47.3 Å². The zero-order chi connectivity index (χ0) is 11.1. The summed E-state index contributed by atoms with van der Waals surface area (Å²) in [6.45, 7) is 2.04. The minimum Gasteiger partial charge on any atom is -0.267 e. The van der Waals surface area contributed by atoms with Crippen LogP contribution in [-0.2, 0) is 19.3 Å². The molecule has 2 aromatic rings. The van der Waals surface area contributed by atoms with Crippen molar-refractivity contribution < 1.29 is 0 Å². The Morgan fingerprint density at radius 3 is 3.00 bits per heavy atom. The van der Waals surface area contributed by atoms with Gasteiger partial charge in [0.15, 0.2) is 0 Å². The predicted molar refractivity (Wildman–Crippen MR) is 63.2 cm³/mol. The Morgan fingerprint density at radius 1 is 1.38 bits per heavy atom. The molecular formula is C11H13N3OS. The highest BCUT2D eigenvalue weighted by Crippen LogP contribution is 2.19. The lowest BCUT2D eigenvalue weighted by atomic mass is 9.97. The Labute approximate surface area is 97.0 Å². The van der Waals surface area contributed by atoms with Crippen LogP contribution >= 0.6 is 11.3 Å². The average molecular weight is 235 g/mol. The summed E-state index contributed by atoms with van der Waals surface area (Å²) in [4.78, 5) is 17.5. The molecule has 0 fully saturated rings. The van der Waals surface area contributed by atoms with Crippen molar-refractivity contribution in [1.29, 1.82) is 0 Å². The van der Waals surface area contributed by atoms with E-state index in [1.54, 1.807) is 0 Å². The molecule has 0 aliphatic heterocycles. The van der Waals surface area contributed by atoms with E-state index in [4.69, 9.17) is 0 Å². The lowest BCUT2D eigenvalue weighted by molar-refractivity contribution is 0.650. The van der Waals surface area contributed by atoms with Crippen LogP contribution in [0.5, 0.6) is 0 Å². The second-order valence-electron chi connectivity index (χ2n) is 4.09. The molecule has 0 radical (unpaired) electrons. The molecule has 0 spiro atoms. The summed E-state index contributed by atoms with van der Waals surface area (Å²) >= 11 is 1.52. The summed E-state index contributed by atoms with van der Waals surface area (Å²) in [5, 5.41) is 5.28. The number of nitrogens with zero attached hydrogens (tertiary/aromatic N) is 3. The molecule has 5 heteroatoms. The molecule has 0 saturated heterocycles. The summed E-state index contributed by atoms with van der Waals surface area (Å²) < 4.78 is 1.48. The van der Waals surface area contributed by atoms with Crippen LogP contribution in [0.4, 0.5) is 0 Å². The molecule has 4 nitrogen and oxygen atoms in total. The van der Waals surface area contributed by atoms with Gasteiger partial charge in [0.25, 0.3) is 5.56 Å². The first-order valence-corrected chi connectivity index (χ1v) is 6.51. The second-order valence-corrected chi connectivity index (χ2v) is 5.13. The largest absolute Gasteiger partial charge is 0.278 e. The Morgan fingerprint density at radius 2 is 2.19 bits per heavy atom. The maximum absolute atomic E-state index is 12.2. The first kappa shape index (κ1) is 9.96. The first-order valence-electron chi connectivity index (χ1n) is 5.70. The number of rotatable bonds is 1. The summed E-state index contributed by atoms with van der Waals surface area (Å²) in [6.07, 6.45) is 4.91. The van der Waals surface area contributed by atoms with Gasteiger partial charge in [0, 0.05) is 5.56 Å². The van der Waals surface area contributed by atoms with Crippen LogP contribution in [0.1, 0.15) is 36.0 Å². The van der Waals surface area contributed by atoms with E-state index in [9.17, 15) is 4.79 Å².